The molecule has 1 saturated heterocycles. The second-order valence-corrected chi connectivity index (χ2v) is 4.90. The number of nitrogens with zero attached hydrogens (tertiary/aromatic N) is 3. The largest absolute Gasteiger partial charge is 0.321 e. The highest BCUT2D eigenvalue weighted by molar-refractivity contribution is 6.40. The minimum Gasteiger partial charge on any atom is -0.321 e. The van der Waals surface area contributed by atoms with Gasteiger partial charge in [0.15, 0.2) is 5.15 Å². The molecule has 2 heterocycles. The quantitative estimate of drug-likeness (QED) is 0.761. The van der Waals surface area contributed by atoms with Crippen LogP contribution in [0, 0.1) is 0 Å². The number of rotatable bonds is 1. The van der Waals surface area contributed by atoms with Crippen molar-refractivity contribution < 1.29 is 0 Å². The normalized spacial score (nSPS) is 19.7. The molecule has 0 aliphatic carbocycles. The Morgan fingerprint density at radius 3 is 2.27 bits per heavy atom. The van der Waals surface area contributed by atoms with E-state index in [9.17, 15) is 0 Å². The van der Waals surface area contributed by atoms with Gasteiger partial charge in [-0.2, -0.15) is 0 Å². The summed E-state index contributed by atoms with van der Waals surface area (Å²) in [7, 11) is 4.07. The van der Waals surface area contributed by atoms with Crippen LogP contribution >= 0.6 is 23.2 Å². The monoisotopic (exact) mass is 247 g/mol. The average molecular weight is 248 g/mol. The van der Waals surface area contributed by atoms with Crippen molar-refractivity contribution in [3.8, 4) is 0 Å². The maximum Gasteiger partial charge on any atom is 0.166 e. The fourth-order valence-corrected chi connectivity index (χ4v) is 2.43. The summed E-state index contributed by atoms with van der Waals surface area (Å²) in [6.45, 7) is 2.24. The Kier molecular flexibility index (Phi) is 3.24. The molecule has 0 aromatic carbocycles. The molecule has 1 fully saturated rings. The molecule has 1 aliphatic heterocycles. The summed E-state index contributed by atoms with van der Waals surface area (Å²) in [5, 5.41) is 0.971. The lowest BCUT2D eigenvalue weighted by atomic mass is 9.96. The fourth-order valence-electron chi connectivity index (χ4n) is 2.09. The zero-order valence-electron chi connectivity index (χ0n) is 9.00. The molecule has 0 saturated carbocycles. The molecule has 1 aromatic heterocycles. The van der Waals surface area contributed by atoms with Crippen LogP contribution < -0.4 is 0 Å². The molecule has 2 rings (SSSR count). The summed E-state index contributed by atoms with van der Waals surface area (Å²) in [4.78, 5) is 6.67. The van der Waals surface area contributed by atoms with Crippen molar-refractivity contribution in [2.75, 3.05) is 20.1 Å². The van der Waals surface area contributed by atoms with E-state index in [0.717, 1.165) is 31.8 Å². The van der Waals surface area contributed by atoms with E-state index < -0.39 is 0 Å². The van der Waals surface area contributed by atoms with E-state index in [2.05, 4.69) is 16.9 Å². The summed E-state index contributed by atoms with van der Waals surface area (Å²) < 4.78 is 1.90. The maximum absolute atomic E-state index is 6.00. The molecule has 0 N–H and O–H groups in total. The highest BCUT2D eigenvalue weighted by Crippen LogP contribution is 2.31. The minimum atomic E-state index is 0.424. The molecule has 0 bridgehead atoms. The summed E-state index contributed by atoms with van der Waals surface area (Å²) in [5.74, 6) is 1.52. The third-order valence-corrected chi connectivity index (χ3v) is 3.90. The Labute approximate surface area is 100.0 Å². The van der Waals surface area contributed by atoms with Gasteiger partial charge in [-0.05, 0) is 33.0 Å². The summed E-state index contributed by atoms with van der Waals surface area (Å²) in [5.41, 5.74) is 0. The maximum atomic E-state index is 6.00. The predicted molar refractivity (Wildman–Crippen MR) is 62.7 cm³/mol. The fraction of sp³-hybridized carbons (Fsp3) is 0.700. The van der Waals surface area contributed by atoms with Crippen molar-refractivity contribution >= 4 is 23.2 Å². The van der Waals surface area contributed by atoms with Gasteiger partial charge in [0, 0.05) is 13.0 Å². The lowest BCUT2D eigenvalue weighted by molar-refractivity contribution is 0.249. The van der Waals surface area contributed by atoms with Crippen LogP contribution in [0.25, 0.3) is 0 Å². The Balaban J connectivity index is 2.19. The lowest BCUT2D eigenvalue weighted by Crippen LogP contribution is -2.30. The van der Waals surface area contributed by atoms with E-state index in [1.54, 1.807) is 0 Å². The summed E-state index contributed by atoms with van der Waals surface area (Å²) >= 11 is 11.9. The molecule has 15 heavy (non-hydrogen) atoms. The standard InChI is InChI=1S/C10H15Cl2N3/c1-14-5-3-7(4-6-14)10-13-8(11)9(12)15(10)2/h7H,3-6H2,1-2H3. The topological polar surface area (TPSA) is 21.1 Å². The Hall–Kier alpha value is -0.250. The summed E-state index contributed by atoms with van der Waals surface area (Å²) in [6, 6.07) is 0. The molecule has 84 valence electrons. The van der Waals surface area contributed by atoms with Crippen LogP contribution in [0.3, 0.4) is 0 Å². The number of likely N-dealkylation sites (tertiary alicyclic amines) is 1. The van der Waals surface area contributed by atoms with E-state index in [0.29, 0.717) is 16.2 Å². The van der Waals surface area contributed by atoms with E-state index >= 15 is 0 Å². The van der Waals surface area contributed by atoms with E-state index in [1.165, 1.54) is 0 Å². The third kappa shape index (κ3) is 2.14. The van der Waals surface area contributed by atoms with Gasteiger partial charge in [-0.25, -0.2) is 4.98 Å². The van der Waals surface area contributed by atoms with Gasteiger partial charge in [0.05, 0.1) is 0 Å². The van der Waals surface area contributed by atoms with Gasteiger partial charge in [-0.1, -0.05) is 23.2 Å². The van der Waals surface area contributed by atoms with Gasteiger partial charge >= 0.3 is 0 Å². The zero-order chi connectivity index (χ0) is 11.0. The van der Waals surface area contributed by atoms with Crippen LogP contribution in [0.15, 0.2) is 0 Å². The van der Waals surface area contributed by atoms with Crippen LogP contribution in [-0.2, 0) is 7.05 Å². The number of hydrogen-bond donors (Lipinski definition) is 0. The molecule has 1 aliphatic rings. The molecule has 0 amide bonds. The van der Waals surface area contributed by atoms with Gasteiger partial charge in [0.1, 0.15) is 11.0 Å². The Morgan fingerprint density at radius 2 is 1.80 bits per heavy atom. The van der Waals surface area contributed by atoms with Crippen LogP contribution in [0.5, 0.6) is 0 Å². The van der Waals surface area contributed by atoms with Gasteiger partial charge in [-0.15, -0.1) is 0 Å². The van der Waals surface area contributed by atoms with Crippen LogP contribution in [-0.4, -0.2) is 34.6 Å². The van der Waals surface area contributed by atoms with E-state index in [-0.39, 0.29) is 0 Å². The summed E-state index contributed by atoms with van der Waals surface area (Å²) in [6.07, 6.45) is 2.27. The van der Waals surface area contributed by atoms with E-state index in [1.807, 2.05) is 11.6 Å². The number of halogens is 2. The second kappa shape index (κ2) is 4.32. The second-order valence-electron chi connectivity index (χ2n) is 4.19. The number of aromatic nitrogens is 2. The third-order valence-electron chi connectivity index (χ3n) is 3.10. The van der Waals surface area contributed by atoms with Crippen molar-refractivity contribution in [3.05, 3.63) is 16.1 Å². The van der Waals surface area contributed by atoms with Crippen molar-refractivity contribution in [1.29, 1.82) is 0 Å². The predicted octanol–water partition coefficient (Wildman–Crippen LogP) is 2.54. The first-order valence-electron chi connectivity index (χ1n) is 5.15. The van der Waals surface area contributed by atoms with Crippen LogP contribution in [0.2, 0.25) is 10.3 Å². The van der Waals surface area contributed by atoms with Crippen LogP contribution in [0.4, 0.5) is 0 Å². The van der Waals surface area contributed by atoms with E-state index in [4.69, 9.17) is 23.2 Å². The molecule has 1 aromatic rings. The van der Waals surface area contributed by atoms with Gasteiger partial charge in [0.25, 0.3) is 0 Å². The van der Waals surface area contributed by atoms with Crippen molar-refractivity contribution in [1.82, 2.24) is 14.5 Å². The van der Waals surface area contributed by atoms with Crippen molar-refractivity contribution in [3.63, 3.8) is 0 Å². The first kappa shape index (κ1) is 11.2. The Bertz CT molecular complexity index is 354. The van der Waals surface area contributed by atoms with Crippen molar-refractivity contribution in [2.24, 2.45) is 7.05 Å². The molecule has 0 radical (unpaired) electrons. The van der Waals surface area contributed by atoms with Gasteiger partial charge < -0.3 is 9.47 Å². The van der Waals surface area contributed by atoms with Crippen molar-refractivity contribution in [2.45, 2.75) is 18.8 Å². The molecular formula is C10H15Cl2N3. The average Bonchev–Trinajstić information content (AvgIpc) is 2.47. The van der Waals surface area contributed by atoms with Gasteiger partial charge in [-0.3, -0.25) is 0 Å². The number of piperidine rings is 1. The SMILES string of the molecule is CN1CCC(c2nc(Cl)c(Cl)n2C)CC1. The molecule has 0 spiro atoms. The molecule has 0 unspecified atom stereocenters. The highest BCUT2D eigenvalue weighted by Gasteiger charge is 2.24. The first-order chi connectivity index (χ1) is 7.09. The molecule has 5 heteroatoms. The first-order valence-corrected chi connectivity index (χ1v) is 5.91. The van der Waals surface area contributed by atoms with Crippen LogP contribution in [0.1, 0.15) is 24.6 Å². The Morgan fingerprint density at radius 1 is 1.20 bits per heavy atom. The minimum absolute atomic E-state index is 0.424. The lowest BCUT2D eigenvalue weighted by Gasteiger charge is -2.28. The molecular weight excluding hydrogens is 233 g/mol. The highest BCUT2D eigenvalue weighted by atomic mass is 35.5. The number of hydrogen-bond acceptors (Lipinski definition) is 2. The molecule has 3 nitrogen and oxygen atoms in total. The number of imidazole rings is 1. The smallest absolute Gasteiger partial charge is 0.166 e. The zero-order valence-corrected chi connectivity index (χ0v) is 10.5. The molecule has 0 atom stereocenters. The van der Waals surface area contributed by atoms with Gasteiger partial charge in [0.2, 0.25) is 0 Å².